The van der Waals surface area contributed by atoms with Gasteiger partial charge in [-0.05, 0) is 52.1 Å². The molecule has 5 rings (SSSR count). The minimum absolute atomic E-state index is 0.0479. The van der Waals surface area contributed by atoms with Gasteiger partial charge in [0.1, 0.15) is 11.4 Å². The Hall–Kier alpha value is -4.52. The summed E-state index contributed by atoms with van der Waals surface area (Å²) in [6.45, 7) is 3.93. The van der Waals surface area contributed by atoms with Gasteiger partial charge in [0.15, 0.2) is 23.3 Å². The van der Waals surface area contributed by atoms with Crippen LogP contribution in [0.5, 0.6) is 0 Å². The maximum Gasteiger partial charge on any atom is 0.261 e. The highest BCUT2D eigenvalue weighted by Gasteiger charge is 2.38. The summed E-state index contributed by atoms with van der Waals surface area (Å²) in [5, 5.41) is 2.96. The van der Waals surface area contributed by atoms with E-state index in [4.69, 9.17) is 0 Å². The van der Waals surface area contributed by atoms with E-state index in [1.54, 1.807) is 6.92 Å². The third-order valence-corrected chi connectivity index (χ3v) is 7.04. The zero-order valence-corrected chi connectivity index (χ0v) is 22.6. The summed E-state index contributed by atoms with van der Waals surface area (Å²) in [6, 6.07) is 2.39. The number of nitrogens with zero attached hydrogens (tertiary/aromatic N) is 3. The first-order valence-corrected chi connectivity index (χ1v) is 12.7. The molecule has 3 N–H and O–H groups in total. The van der Waals surface area contributed by atoms with Crippen molar-refractivity contribution in [1.29, 1.82) is 0 Å². The Morgan fingerprint density at radius 2 is 1.71 bits per heavy atom. The van der Waals surface area contributed by atoms with Gasteiger partial charge in [0.2, 0.25) is 0 Å². The molecule has 2 aromatic carbocycles. The van der Waals surface area contributed by atoms with Gasteiger partial charge < -0.3 is 20.2 Å². The average molecular weight is 571 g/mol. The third-order valence-electron chi connectivity index (χ3n) is 7.04. The molecule has 2 aromatic heterocycles. The highest BCUT2D eigenvalue weighted by atomic mass is 19.2. The molecular weight excluding hydrogens is 544 g/mol. The van der Waals surface area contributed by atoms with Crippen molar-refractivity contribution in [2.45, 2.75) is 26.3 Å². The van der Waals surface area contributed by atoms with Crippen LogP contribution in [0.4, 0.5) is 23.2 Å². The van der Waals surface area contributed by atoms with Gasteiger partial charge in [0, 0.05) is 37.0 Å². The molecule has 41 heavy (non-hydrogen) atoms. The van der Waals surface area contributed by atoms with Gasteiger partial charge >= 0.3 is 0 Å². The number of likely N-dealkylation sites (N-methyl/N-ethyl adjacent to an activating group) is 1. The fourth-order valence-corrected chi connectivity index (χ4v) is 5.01. The number of halogens is 4. The molecule has 4 aromatic rings. The van der Waals surface area contributed by atoms with E-state index in [1.807, 2.05) is 19.0 Å². The van der Waals surface area contributed by atoms with Crippen molar-refractivity contribution in [3.8, 4) is 11.4 Å². The lowest BCUT2D eigenvalue weighted by atomic mass is 10.0. The number of amides is 2. The highest BCUT2D eigenvalue weighted by Crippen LogP contribution is 2.33. The first-order valence-electron chi connectivity index (χ1n) is 12.7. The van der Waals surface area contributed by atoms with Crippen LogP contribution in [-0.2, 0) is 6.42 Å². The molecule has 0 fully saturated rings. The van der Waals surface area contributed by atoms with Crippen molar-refractivity contribution in [3.63, 3.8) is 0 Å². The van der Waals surface area contributed by atoms with E-state index in [1.165, 1.54) is 30.2 Å². The maximum absolute atomic E-state index is 14.2. The van der Waals surface area contributed by atoms with Crippen LogP contribution in [0.15, 0.2) is 29.2 Å². The number of benzene rings is 2. The van der Waals surface area contributed by atoms with Crippen molar-refractivity contribution >= 4 is 28.5 Å². The van der Waals surface area contributed by atoms with Crippen LogP contribution in [0.3, 0.4) is 0 Å². The van der Waals surface area contributed by atoms with E-state index >= 15 is 0 Å². The van der Waals surface area contributed by atoms with Crippen LogP contribution in [0.1, 0.15) is 38.8 Å². The summed E-state index contributed by atoms with van der Waals surface area (Å²) in [6.07, 6.45) is 0.922. The average Bonchev–Trinajstić information content (AvgIpc) is 3.43. The summed E-state index contributed by atoms with van der Waals surface area (Å²) in [7, 11) is 3.68. The molecule has 2 amide bonds. The molecule has 0 aliphatic carbocycles. The van der Waals surface area contributed by atoms with E-state index in [9.17, 15) is 31.9 Å². The zero-order valence-electron chi connectivity index (χ0n) is 22.6. The van der Waals surface area contributed by atoms with Crippen LogP contribution in [0, 0.1) is 30.2 Å². The number of imidazole rings is 1. The topological polar surface area (TPSA) is 114 Å². The number of hydrogen-bond donors (Lipinski definition) is 3. The predicted molar refractivity (Wildman–Crippen MR) is 144 cm³/mol. The molecule has 0 bridgehead atoms. The number of fused-ring (bicyclic) bond motifs is 2. The minimum atomic E-state index is -1.51. The second-order valence-electron chi connectivity index (χ2n) is 10.3. The molecular formula is C28H26F4N6O3. The standard InChI is InChI=1S/C28H26F4N6O3/c1-12(9-15-22(31)16(29)11-17(30)23(15)32)34-18-5-6-33-26(39)21(18)25-35-19-10-14-20(13(2)24(19)36-25)28(41)38(27(14)40)8-7-37(3)4/h5-6,10-12H,7-9H2,1-4H3,(H,35,36)(H2,33,34,39). The quantitative estimate of drug-likeness (QED) is 0.168. The third kappa shape index (κ3) is 4.86. The smallest absolute Gasteiger partial charge is 0.261 e. The molecule has 1 aliphatic rings. The highest BCUT2D eigenvalue weighted by molar-refractivity contribution is 6.23. The van der Waals surface area contributed by atoms with E-state index in [0.717, 1.165) is 0 Å². The molecule has 3 heterocycles. The van der Waals surface area contributed by atoms with E-state index in [-0.39, 0.29) is 40.8 Å². The van der Waals surface area contributed by atoms with E-state index in [0.29, 0.717) is 23.1 Å². The van der Waals surface area contributed by atoms with Crippen LogP contribution < -0.4 is 10.9 Å². The van der Waals surface area contributed by atoms with Gasteiger partial charge in [-0.3, -0.25) is 19.3 Å². The lowest BCUT2D eigenvalue weighted by Gasteiger charge is -2.18. The Morgan fingerprint density at radius 3 is 2.37 bits per heavy atom. The number of hydrogen-bond acceptors (Lipinski definition) is 6. The fourth-order valence-electron chi connectivity index (χ4n) is 5.01. The van der Waals surface area contributed by atoms with Crippen molar-refractivity contribution in [1.82, 2.24) is 24.8 Å². The predicted octanol–water partition coefficient (Wildman–Crippen LogP) is 3.98. The molecule has 0 saturated carbocycles. The number of aromatic amines is 2. The summed E-state index contributed by atoms with van der Waals surface area (Å²) < 4.78 is 55.8. The van der Waals surface area contributed by atoms with Gasteiger partial charge in [-0.25, -0.2) is 22.5 Å². The fraction of sp³-hybridized carbons (Fsp3) is 0.286. The van der Waals surface area contributed by atoms with Crippen molar-refractivity contribution in [3.05, 3.63) is 80.3 Å². The number of nitrogens with one attached hydrogen (secondary N) is 3. The Kier molecular flexibility index (Phi) is 7.15. The molecule has 1 unspecified atom stereocenters. The van der Waals surface area contributed by atoms with Gasteiger partial charge in [-0.1, -0.05) is 0 Å². The second kappa shape index (κ2) is 10.5. The van der Waals surface area contributed by atoms with Crippen molar-refractivity contribution < 1.29 is 27.2 Å². The summed E-state index contributed by atoms with van der Waals surface area (Å²) in [4.78, 5) is 52.3. The summed E-state index contributed by atoms with van der Waals surface area (Å²) >= 11 is 0. The second-order valence-corrected chi connectivity index (χ2v) is 10.3. The molecule has 9 nitrogen and oxygen atoms in total. The van der Waals surface area contributed by atoms with E-state index < -0.39 is 58.7 Å². The van der Waals surface area contributed by atoms with Crippen LogP contribution in [0.25, 0.3) is 22.4 Å². The van der Waals surface area contributed by atoms with Gasteiger partial charge in [-0.15, -0.1) is 0 Å². The molecule has 214 valence electrons. The molecule has 0 radical (unpaired) electrons. The maximum atomic E-state index is 14.2. The lowest BCUT2D eigenvalue weighted by Crippen LogP contribution is -2.36. The Labute approximate surface area is 231 Å². The van der Waals surface area contributed by atoms with Crippen LogP contribution >= 0.6 is 0 Å². The SMILES string of the molecule is Cc1c2c(cc3[nH]c(-c4c(NC(C)Cc5c(F)c(F)cc(F)c5F)cc[nH]c4=O)nc13)C(=O)N(CCN(C)C)C2=O. The number of carbonyl (C=O) groups excluding carboxylic acids is 2. The number of H-pyrrole nitrogens is 2. The van der Waals surface area contributed by atoms with Crippen molar-refractivity contribution in [2.24, 2.45) is 0 Å². The minimum Gasteiger partial charge on any atom is -0.381 e. The normalized spacial score (nSPS) is 13.9. The first-order chi connectivity index (χ1) is 19.4. The monoisotopic (exact) mass is 570 g/mol. The first kappa shape index (κ1) is 28.0. The Morgan fingerprint density at radius 1 is 1.02 bits per heavy atom. The number of carbonyl (C=O) groups is 2. The zero-order chi connectivity index (χ0) is 29.7. The number of aryl methyl sites for hydroxylation is 1. The van der Waals surface area contributed by atoms with Gasteiger partial charge in [-0.2, -0.15) is 0 Å². The van der Waals surface area contributed by atoms with E-state index in [2.05, 4.69) is 20.3 Å². The number of imide groups is 1. The van der Waals surface area contributed by atoms with Crippen LogP contribution in [-0.4, -0.2) is 69.8 Å². The molecule has 0 spiro atoms. The number of anilines is 1. The number of aromatic nitrogens is 3. The number of pyridine rings is 1. The largest absolute Gasteiger partial charge is 0.381 e. The summed E-state index contributed by atoms with van der Waals surface area (Å²) in [5.74, 6) is -6.73. The number of rotatable bonds is 8. The summed E-state index contributed by atoms with van der Waals surface area (Å²) in [5.41, 5.74) is 0.717. The Balaban J connectivity index is 1.50. The van der Waals surface area contributed by atoms with Crippen LogP contribution in [0.2, 0.25) is 0 Å². The molecule has 0 saturated heterocycles. The molecule has 13 heteroatoms. The molecule has 1 aliphatic heterocycles. The Bertz CT molecular complexity index is 1750. The lowest BCUT2D eigenvalue weighted by molar-refractivity contribution is 0.0644. The molecule has 1 atom stereocenters. The van der Waals surface area contributed by atoms with Gasteiger partial charge in [0.05, 0.1) is 27.8 Å². The van der Waals surface area contributed by atoms with Gasteiger partial charge in [0.25, 0.3) is 17.4 Å². The van der Waals surface area contributed by atoms with Crippen molar-refractivity contribution in [2.75, 3.05) is 32.5 Å².